The van der Waals surface area contributed by atoms with Gasteiger partial charge in [0, 0.05) is 36.3 Å². The van der Waals surface area contributed by atoms with Crippen LogP contribution in [-0.4, -0.2) is 79.1 Å². The van der Waals surface area contributed by atoms with Crippen molar-refractivity contribution in [1.29, 1.82) is 0 Å². The van der Waals surface area contributed by atoms with Crippen molar-refractivity contribution in [1.82, 2.24) is 29.6 Å². The minimum atomic E-state index is -4.70. The number of hydrogen-bond donors (Lipinski definition) is 0. The first kappa shape index (κ1) is 36.8. The SMILES string of the molecule is CC(=O)c1nn2c3c(cc(-c4cnc(C)nc4)cc13)CCCCCCS(=O)(=O)CC[C@@]13C[C@@H](C(=O)Cc4nc(C(F)(F)F)ccc4C)N(C(=O)C2)[C@@H]1C3. The fourth-order valence-electron chi connectivity index (χ4n) is 8.16. The van der Waals surface area contributed by atoms with Crippen LogP contribution >= 0.6 is 0 Å². The van der Waals surface area contributed by atoms with Crippen molar-refractivity contribution in [3.8, 4) is 11.1 Å². The van der Waals surface area contributed by atoms with Crippen LogP contribution < -0.4 is 0 Å². The monoisotopic (exact) mass is 750 g/mol. The summed E-state index contributed by atoms with van der Waals surface area (Å²) >= 11 is 0. The summed E-state index contributed by atoms with van der Waals surface area (Å²) < 4.78 is 68.4. The molecule has 3 aromatic heterocycles. The van der Waals surface area contributed by atoms with Crippen LogP contribution in [0.5, 0.6) is 0 Å². The smallest absolute Gasteiger partial charge is 0.327 e. The second kappa shape index (κ2) is 13.7. The predicted octanol–water partition coefficient (Wildman–Crippen LogP) is 5.82. The molecule has 11 nitrogen and oxygen atoms in total. The number of halogens is 3. The van der Waals surface area contributed by atoms with Crippen LogP contribution in [0, 0.1) is 19.3 Å². The van der Waals surface area contributed by atoms with Crippen LogP contribution in [0.2, 0.25) is 0 Å². The number of alkyl halides is 3. The number of piperidine rings is 1. The van der Waals surface area contributed by atoms with E-state index in [2.05, 4.69) is 20.1 Å². The van der Waals surface area contributed by atoms with E-state index in [1.807, 2.05) is 12.1 Å². The number of benzene rings is 1. The quantitative estimate of drug-likeness (QED) is 0.231. The molecule has 0 radical (unpaired) electrons. The standard InChI is InChI=1S/C38H41F3N6O5S/c1-22-9-10-32(38(39,40)41)44-29(22)16-31(49)30-17-37-11-13-53(51,52)12-7-5-4-6-8-25-14-26(27-19-42-24(3)43-20-27)15-28-35(23(2)48)45-46(36(25)28)21-34(50)47(30)33(37)18-37/h9-10,14-15,19-20,30,33H,4-8,11-13,16-18,21H2,1-3H3/t30-,33+,37-/m0/s1. The minimum absolute atomic E-state index is 0.0209. The third-order valence-corrected chi connectivity index (χ3v) is 12.9. The number of hydrogen-bond acceptors (Lipinski definition) is 9. The van der Waals surface area contributed by atoms with Crippen molar-refractivity contribution >= 4 is 38.2 Å². The molecule has 3 atom stereocenters. The molecule has 15 heteroatoms. The summed E-state index contributed by atoms with van der Waals surface area (Å²) in [6, 6.07) is 4.59. The van der Waals surface area contributed by atoms with E-state index in [4.69, 9.17) is 0 Å². The molecule has 2 fully saturated rings. The summed E-state index contributed by atoms with van der Waals surface area (Å²) in [6.07, 6.45) is 2.62. The summed E-state index contributed by atoms with van der Waals surface area (Å²) in [4.78, 5) is 55.5. The second-order valence-corrected chi connectivity index (χ2v) is 17.2. The summed E-state index contributed by atoms with van der Waals surface area (Å²) in [5.41, 5.74) is 1.89. The molecule has 1 saturated heterocycles. The Morgan fingerprint density at radius 2 is 1.72 bits per heavy atom. The third kappa shape index (κ3) is 7.36. The highest BCUT2D eigenvalue weighted by Gasteiger charge is 2.66. The molecule has 2 aliphatic heterocycles. The highest BCUT2D eigenvalue weighted by molar-refractivity contribution is 7.91. The number of pyridine rings is 1. The maximum absolute atomic E-state index is 14.5. The summed E-state index contributed by atoms with van der Waals surface area (Å²) in [5, 5.41) is 5.24. The van der Waals surface area contributed by atoms with Crippen molar-refractivity contribution in [3.05, 3.63) is 70.7 Å². The Balaban J connectivity index is 1.29. The number of carbonyl (C=O) groups is 3. The number of ketones is 2. The van der Waals surface area contributed by atoms with Crippen LogP contribution in [0.4, 0.5) is 13.2 Å². The lowest BCUT2D eigenvalue weighted by atomic mass is 9.93. The molecule has 0 unspecified atom stereocenters. The van der Waals surface area contributed by atoms with Crippen molar-refractivity contribution < 1.29 is 36.0 Å². The number of aryl methyl sites for hydroxylation is 3. The van der Waals surface area contributed by atoms with Crippen LogP contribution in [-0.2, 0) is 45.0 Å². The minimum Gasteiger partial charge on any atom is -0.327 e. The number of rotatable bonds is 5. The van der Waals surface area contributed by atoms with Gasteiger partial charge >= 0.3 is 6.18 Å². The van der Waals surface area contributed by atoms with Gasteiger partial charge in [-0.15, -0.1) is 0 Å². The number of Topliss-reactive ketones (excluding diaryl/α,β-unsaturated/α-hetero) is 2. The highest BCUT2D eigenvalue weighted by Crippen LogP contribution is 2.62. The normalized spacial score (nSPS) is 23.4. The van der Waals surface area contributed by atoms with Gasteiger partial charge in [-0.25, -0.2) is 23.4 Å². The van der Waals surface area contributed by atoms with Crippen LogP contribution in [0.25, 0.3) is 22.0 Å². The van der Waals surface area contributed by atoms with Gasteiger partial charge in [-0.1, -0.05) is 18.9 Å². The Morgan fingerprint density at radius 3 is 2.43 bits per heavy atom. The second-order valence-electron chi connectivity index (χ2n) is 14.9. The van der Waals surface area contributed by atoms with Gasteiger partial charge in [0.25, 0.3) is 0 Å². The molecule has 1 amide bonds. The van der Waals surface area contributed by atoms with Crippen molar-refractivity contribution in [2.45, 2.75) is 103 Å². The molecule has 0 spiro atoms. The fraction of sp³-hybridized carbons (Fsp3) is 0.500. The van der Waals surface area contributed by atoms with E-state index in [1.165, 1.54) is 22.6 Å². The molecular formula is C38H41F3N6O5S. The molecule has 5 heterocycles. The number of sulfone groups is 1. The first-order valence-electron chi connectivity index (χ1n) is 18.0. The lowest BCUT2D eigenvalue weighted by Crippen LogP contribution is -2.45. The zero-order chi connectivity index (χ0) is 37.9. The van der Waals surface area contributed by atoms with E-state index < -0.39 is 57.3 Å². The molecule has 1 saturated carbocycles. The zero-order valence-corrected chi connectivity index (χ0v) is 30.7. The van der Waals surface area contributed by atoms with Gasteiger partial charge in [0.05, 0.1) is 35.2 Å². The molecule has 1 aliphatic carbocycles. The molecule has 1 aromatic carbocycles. The maximum Gasteiger partial charge on any atom is 0.433 e. The zero-order valence-electron chi connectivity index (χ0n) is 29.9. The van der Waals surface area contributed by atoms with Crippen molar-refractivity contribution in [3.63, 3.8) is 0 Å². The lowest BCUT2D eigenvalue weighted by molar-refractivity contribution is -0.141. The van der Waals surface area contributed by atoms with Gasteiger partial charge in [0.1, 0.15) is 33.6 Å². The van der Waals surface area contributed by atoms with E-state index in [-0.39, 0.29) is 48.1 Å². The van der Waals surface area contributed by atoms with Crippen molar-refractivity contribution in [2.24, 2.45) is 5.41 Å². The maximum atomic E-state index is 14.5. The van der Waals surface area contributed by atoms with Crippen molar-refractivity contribution in [2.75, 3.05) is 11.5 Å². The van der Waals surface area contributed by atoms with Crippen LogP contribution in [0.1, 0.15) is 90.7 Å². The van der Waals surface area contributed by atoms with Crippen LogP contribution in [0.15, 0.2) is 36.7 Å². The Kier molecular flexibility index (Phi) is 9.52. The molecule has 53 heavy (non-hydrogen) atoms. The first-order valence-corrected chi connectivity index (χ1v) is 19.8. The van der Waals surface area contributed by atoms with E-state index in [1.54, 1.807) is 26.2 Å². The number of amides is 1. The van der Waals surface area contributed by atoms with Gasteiger partial charge < -0.3 is 4.90 Å². The lowest BCUT2D eigenvalue weighted by Gasteiger charge is -2.27. The third-order valence-electron chi connectivity index (χ3n) is 11.1. The summed E-state index contributed by atoms with van der Waals surface area (Å²) in [7, 11) is -3.40. The molecule has 2 bridgehead atoms. The fourth-order valence-corrected chi connectivity index (χ4v) is 9.72. The number of aromatic nitrogens is 5. The first-order chi connectivity index (χ1) is 25.0. The average Bonchev–Trinajstić information content (AvgIpc) is 3.51. The van der Waals surface area contributed by atoms with Gasteiger partial charge in [0.15, 0.2) is 11.6 Å². The number of carbonyl (C=O) groups excluding carboxylic acids is 3. The van der Waals surface area contributed by atoms with Gasteiger partial charge in [-0.05, 0) is 92.7 Å². The summed E-state index contributed by atoms with van der Waals surface area (Å²) in [6.45, 7) is 4.49. The Hall–Kier alpha value is -4.53. The molecule has 280 valence electrons. The van der Waals surface area contributed by atoms with E-state index in [0.717, 1.165) is 35.6 Å². The number of nitrogens with zero attached hydrogens (tertiary/aromatic N) is 6. The molecule has 7 rings (SSSR count). The Bertz CT molecular complexity index is 2240. The van der Waals surface area contributed by atoms with E-state index in [9.17, 15) is 36.0 Å². The molecular weight excluding hydrogens is 710 g/mol. The van der Waals surface area contributed by atoms with Gasteiger partial charge in [-0.2, -0.15) is 18.3 Å². The highest BCUT2D eigenvalue weighted by atomic mass is 32.2. The molecule has 0 N–H and O–H groups in total. The van der Waals surface area contributed by atoms with E-state index in [0.29, 0.717) is 48.0 Å². The van der Waals surface area contributed by atoms with E-state index >= 15 is 0 Å². The Labute approximate surface area is 305 Å². The predicted molar refractivity (Wildman–Crippen MR) is 190 cm³/mol. The van der Waals surface area contributed by atoms with Gasteiger partial charge in [0.2, 0.25) is 5.91 Å². The topological polar surface area (TPSA) is 145 Å². The van der Waals surface area contributed by atoms with Gasteiger partial charge in [-0.3, -0.25) is 19.1 Å². The van der Waals surface area contributed by atoms with Crippen LogP contribution in [0.3, 0.4) is 0 Å². The average molecular weight is 751 g/mol. The molecule has 3 aliphatic rings. The summed E-state index contributed by atoms with van der Waals surface area (Å²) in [5.74, 6) is -0.600. The Morgan fingerprint density at radius 1 is 0.981 bits per heavy atom. The largest absolute Gasteiger partial charge is 0.433 e. The molecule has 4 aromatic rings.